The normalized spacial score (nSPS) is 10.4. The molecule has 0 spiro atoms. The van der Waals surface area contributed by atoms with Crippen LogP contribution < -0.4 is 5.32 Å². The van der Waals surface area contributed by atoms with E-state index in [0.29, 0.717) is 11.6 Å². The second-order valence-electron chi connectivity index (χ2n) is 3.97. The zero-order chi connectivity index (χ0) is 13.0. The van der Waals surface area contributed by atoms with Gasteiger partial charge in [0, 0.05) is 18.0 Å². The second-order valence-corrected chi connectivity index (χ2v) is 4.40. The lowest BCUT2D eigenvalue weighted by Gasteiger charge is -2.07. The van der Waals surface area contributed by atoms with E-state index in [0.717, 1.165) is 29.5 Å². The minimum Gasteiger partial charge on any atom is -0.364 e. The Labute approximate surface area is 111 Å². The molecule has 2 heterocycles. The van der Waals surface area contributed by atoms with E-state index in [1.165, 1.54) is 0 Å². The van der Waals surface area contributed by atoms with Crippen molar-refractivity contribution < 1.29 is 0 Å². The molecular formula is C13H15ClN4. The maximum atomic E-state index is 5.79. The van der Waals surface area contributed by atoms with Crippen LogP contribution >= 0.6 is 11.6 Å². The van der Waals surface area contributed by atoms with E-state index in [1.54, 1.807) is 6.20 Å². The quantitative estimate of drug-likeness (QED) is 0.920. The minimum absolute atomic E-state index is 0.622. The van der Waals surface area contributed by atoms with Gasteiger partial charge in [0.25, 0.3) is 0 Å². The predicted octanol–water partition coefficient (Wildman–Crippen LogP) is 3.01. The van der Waals surface area contributed by atoms with Crippen molar-refractivity contribution in [2.75, 3.05) is 5.32 Å². The van der Waals surface area contributed by atoms with Gasteiger partial charge in [-0.15, -0.1) is 0 Å². The number of nitrogens with one attached hydrogen (secondary N) is 1. The predicted molar refractivity (Wildman–Crippen MR) is 72.7 cm³/mol. The van der Waals surface area contributed by atoms with Gasteiger partial charge in [-0.1, -0.05) is 18.5 Å². The van der Waals surface area contributed by atoms with E-state index >= 15 is 0 Å². The average molecular weight is 263 g/mol. The largest absolute Gasteiger partial charge is 0.364 e. The number of hydrogen-bond acceptors (Lipinski definition) is 4. The molecule has 0 amide bonds. The average Bonchev–Trinajstić information content (AvgIpc) is 2.37. The molecule has 2 aromatic rings. The number of nitrogens with zero attached hydrogens (tertiary/aromatic N) is 3. The van der Waals surface area contributed by atoms with E-state index in [-0.39, 0.29) is 0 Å². The molecule has 0 aliphatic rings. The van der Waals surface area contributed by atoms with E-state index < -0.39 is 0 Å². The molecule has 0 unspecified atom stereocenters. The highest BCUT2D eigenvalue weighted by Crippen LogP contribution is 2.10. The van der Waals surface area contributed by atoms with Crippen LogP contribution in [0.3, 0.4) is 0 Å². The summed E-state index contributed by atoms with van der Waals surface area (Å²) in [6.07, 6.45) is 2.54. The Morgan fingerprint density at radius 1 is 1.22 bits per heavy atom. The number of halogens is 1. The Morgan fingerprint density at radius 3 is 2.72 bits per heavy atom. The molecule has 94 valence electrons. The topological polar surface area (TPSA) is 50.7 Å². The summed E-state index contributed by atoms with van der Waals surface area (Å²) in [5.41, 5.74) is 1.96. The summed E-state index contributed by atoms with van der Waals surface area (Å²) in [4.78, 5) is 12.9. The fourth-order valence-corrected chi connectivity index (χ4v) is 1.71. The Balaban J connectivity index is 2.05. The summed E-state index contributed by atoms with van der Waals surface area (Å²) < 4.78 is 0. The Hall–Kier alpha value is -1.68. The van der Waals surface area contributed by atoms with Gasteiger partial charge < -0.3 is 5.32 Å². The van der Waals surface area contributed by atoms with Crippen molar-refractivity contribution in [2.24, 2.45) is 0 Å². The van der Waals surface area contributed by atoms with Gasteiger partial charge in [-0.3, -0.25) is 4.98 Å². The number of pyridine rings is 1. The Bertz CT molecular complexity index is 525. The van der Waals surface area contributed by atoms with E-state index in [1.807, 2.05) is 25.1 Å². The maximum Gasteiger partial charge on any atom is 0.130 e. The van der Waals surface area contributed by atoms with Crippen LogP contribution in [0.15, 0.2) is 24.4 Å². The molecule has 0 aliphatic carbocycles. The van der Waals surface area contributed by atoms with E-state index in [4.69, 9.17) is 11.6 Å². The van der Waals surface area contributed by atoms with Crippen molar-refractivity contribution in [3.8, 4) is 0 Å². The summed E-state index contributed by atoms with van der Waals surface area (Å²) >= 11 is 5.79. The van der Waals surface area contributed by atoms with Gasteiger partial charge in [-0.05, 0) is 25.5 Å². The van der Waals surface area contributed by atoms with Crippen molar-refractivity contribution in [2.45, 2.75) is 26.8 Å². The fraction of sp³-hybridized carbons (Fsp3) is 0.308. The maximum absolute atomic E-state index is 5.79. The van der Waals surface area contributed by atoms with Crippen LogP contribution in [-0.2, 0) is 13.0 Å². The van der Waals surface area contributed by atoms with Crippen molar-refractivity contribution in [1.29, 1.82) is 0 Å². The van der Waals surface area contributed by atoms with Gasteiger partial charge in [0.05, 0.1) is 17.3 Å². The first-order valence-electron chi connectivity index (χ1n) is 5.86. The summed E-state index contributed by atoms with van der Waals surface area (Å²) in [5, 5.41) is 3.88. The zero-order valence-electron chi connectivity index (χ0n) is 10.4. The van der Waals surface area contributed by atoms with Crippen LogP contribution in [0.5, 0.6) is 0 Å². The molecule has 4 nitrogen and oxygen atoms in total. The second kappa shape index (κ2) is 5.78. The molecule has 0 aliphatic heterocycles. The third-order valence-corrected chi connectivity index (χ3v) is 2.72. The highest BCUT2D eigenvalue weighted by Gasteiger charge is 2.01. The number of aromatic nitrogens is 3. The molecule has 0 aromatic carbocycles. The number of hydrogen-bond donors (Lipinski definition) is 1. The van der Waals surface area contributed by atoms with E-state index in [9.17, 15) is 0 Å². The van der Waals surface area contributed by atoms with Crippen molar-refractivity contribution in [3.05, 3.63) is 46.6 Å². The van der Waals surface area contributed by atoms with Crippen molar-refractivity contribution in [1.82, 2.24) is 15.0 Å². The molecule has 18 heavy (non-hydrogen) atoms. The van der Waals surface area contributed by atoms with Gasteiger partial charge in [0.2, 0.25) is 0 Å². The lowest BCUT2D eigenvalue weighted by molar-refractivity contribution is 0.935. The summed E-state index contributed by atoms with van der Waals surface area (Å²) in [5.74, 6) is 1.61. The van der Waals surface area contributed by atoms with Crippen LogP contribution in [0.1, 0.15) is 24.1 Å². The van der Waals surface area contributed by atoms with Crippen LogP contribution in [-0.4, -0.2) is 15.0 Å². The lowest BCUT2D eigenvalue weighted by Crippen LogP contribution is -2.05. The molecule has 2 aromatic heterocycles. The third kappa shape index (κ3) is 3.40. The summed E-state index contributed by atoms with van der Waals surface area (Å²) in [6, 6.07) is 5.68. The van der Waals surface area contributed by atoms with Crippen molar-refractivity contribution in [3.63, 3.8) is 0 Å². The number of anilines is 1. The van der Waals surface area contributed by atoms with Crippen LogP contribution in [0.25, 0.3) is 0 Å². The molecule has 0 radical (unpaired) electrons. The van der Waals surface area contributed by atoms with Gasteiger partial charge in [0.1, 0.15) is 11.6 Å². The van der Waals surface area contributed by atoms with Gasteiger partial charge in [-0.25, -0.2) is 9.97 Å². The molecule has 0 saturated heterocycles. The van der Waals surface area contributed by atoms with Gasteiger partial charge >= 0.3 is 0 Å². The number of rotatable bonds is 4. The standard InChI is InChI=1S/C13H15ClN4/c1-3-11-6-13(18-9(2)17-11)16-8-12-5-4-10(14)7-15-12/h4-7H,3,8H2,1-2H3,(H,16,17,18). The molecule has 0 bridgehead atoms. The first kappa shape index (κ1) is 12.8. The molecule has 5 heteroatoms. The zero-order valence-corrected chi connectivity index (χ0v) is 11.2. The monoisotopic (exact) mass is 262 g/mol. The van der Waals surface area contributed by atoms with Crippen LogP contribution in [0, 0.1) is 6.92 Å². The molecule has 2 rings (SSSR count). The van der Waals surface area contributed by atoms with Crippen molar-refractivity contribution >= 4 is 17.4 Å². The first-order valence-corrected chi connectivity index (χ1v) is 6.24. The number of aryl methyl sites for hydroxylation is 2. The summed E-state index contributed by atoms with van der Waals surface area (Å²) in [7, 11) is 0. The van der Waals surface area contributed by atoms with Crippen LogP contribution in [0.4, 0.5) is 5.82 Å². The molecule has 0 fully saturated rings. The third-order valence-electron chi connectivity index (χ3n) is 2.49. The molecular weight excluding hydrogens is 248 g/mol. The smallest absolute Gasteiger partial charge is 0.130 e. The van der Waals surface area contributed by atoms with Gasteiger partial charge in [0.15, 0.2) is 0 Å². The molecule has 1 N–H and O–H groups in total. The minimum atomic E-state index is 0.622. The van der Waals surface area contributed by atoms with E-state index in [2.05, 4.69) is 27.2 Å². The van der Waals surface area contributed by atoms with Crippen LogP contribution in [0.2, 0.25) is 5.02 Å². The SMILES string of the molecule is CCc1cc(NCc2ccc(Cl)cn2)nc(C)n1. The summed E-state index contributed by atoms with van der Waals surface area (Å²) in [6.45, 7) is 4.59. The lowest BCUT2D eigenvalue weighted by atomic mass is 10.3. The Kier molecular flexibility index (Phi) is 4.10. The Morgan fingerprint density at radius 2 is 2.06 bits per heavy atom. The first-order chi connectivity index (χ1) is 8.67. The molecule has 0 saturated carbocycles. The molecule has 0 atom stereocenters. The van der Waals surface area contributed by atoms with Gasteiger partial charge in [-0.2, -0.15) is 0 Å². The highest BCUT2D eigenvalue weighted by molar-refractivity contribution is 6.30. The highest BCUT2D eigenvalue weighted by atomic mass is 35.5. The fourth-order valence-electron chi connectivity index (χ4n) is 1.59.